The molecule has 5 heteroatoms. The molecular weight excluding hydrogens is 338 g/mol. The van der Waals surface area contributed by atoms with Gasteiger partial charge in [-0.3, -0.25) is 4.90 Å². The Morgan fingerprint density at radius 2 is 2.05 bits per heavy atom. The van der Waals surface area contributed by atoms with E-state index in [0.29, 0.717) is 17.1 Å². The summed E-state index contributed by atoms with van der Waals surface area (Å²) in [7, 11) is 0. The zero-order valence-corrected chi connectivity index (χ0v) is 14.4. The summed E-state index contributed by atoms with van der Waals surface area (Å²) in [5, 5.41) is 3.54. The summed E-state index contributed by atoms with van der Waals surface area (Å²) in [6, 6.07) is 3.05. The Morgan fingerprint density at radius 1 is 1.33 bits per heavy atom. The van der Waals surface area contributed by atoms with Gasteiger partial charge < -0.3 is 5.32 Å². The topological polar surface area (TPSA) is 15.3 Å². The summed E-state index contributed by atoms with van der Waals surface area (Å²) < 4.78 is 28.4. The van der Waals surface area contributed by atoms with Crippen molar-refractivity contribution in [2.24, 2.45) is 5.41 Å². The summed E-state index contributed by atoms with van der Waals surface area (Å²) in [5.74, 6) is -0.959. The molecule has 1 aromatic rings. The van der Waals surface area contributed by atoms with Gasteiger partial charge in [0.05, 0.1) is 4.47 Å². The molecule has 0 spiro atoms. The number of rotatable bonds is 2. The minimum atomic E-state index is -0.487. The molecule has 21 heavy (non-hydrogen) atoms. The van der Waals surface area contributed by atoms with Gasteiger partial charge in [-0.2, -0.15) is 0 Å². The third-order valence-electron chi connectivity index (χ3n) is 4.05. The van der Waals surface area contributed by atoms with Gasteiger partial charge in [0.1, 0.15) is 11.6 Å². The molecule has 1 N–H and O–H groups in total. The molecule has 0 bridgehead atoms. The van der Waals surface area contributed by atoms with E-state index >= 15 is 0 Å². The fraction of sp³-hybridized carbons (Fsp3) is 0.625. The minimum absolute atomic E-state index is 0.122. The van der Waals surface area contributed by atoms with Crippen LogP contribution in [0.25, 0.3) is 0 Å². The van der Waals surface area contributed by atoms with Crippen LogP contribution in [-0.2, 0) is 6.54 Å². The predicted molar refractivity (Wildman–Crippen MR) is 85.2 cm³/mol. The Balaban J connectivity index is 2.17. The van der Waals surface area contributed by atoms with Crippen LogP contribution in [0.1, 0.15) is 32.8 Å². The van der Waals surface area contributed by atoms with Gasteiger partial charge in [0.25, 0.3) is 0 Å². The standard InChI is InChI=1S/C16H23BrF2N2/c1-16(2,3)14-10-21(8-4-7-20-14)9-11-13(18)6-5-12(17)15(11)19/h5-6,14,20H,4,7-10H2,1-3H3. The maximum absolute atomic E-state index is 14.1. The third kappa shape index (κ3) is 4.24. The van der Waals surface area contributed by atoms with Crippen molar-refractivity contribution in [1.29, 1.82) is 0 Å². The molecule has 0 aliphatic carbocycles. The van der Waals surface area contributed by atoms with Crippen LogP contribution in [0.5, 0.6) is 0 Å². The number of hydrogen-bond acceptors (Lipinski definition) is 2. The number of nitrogens with one attached hydrogen (secondary N) is 1. The second-order valence-electron chi connectivity index (χ2n) is 6.78. The molecule has 1 heterocycles. The second-order valence-corrected chi connectivity index (χ2v) is 7.64. The van der Waals surface area contributed by atoms with Crippen LogP contribution in [0.15, 0.2) is 16.6 Å². The van der Waals surface area contributed by atoms with Crippen LogP contribution in [0.2, 0.25) is 0 Å². The molecule has 1 saturated heterocycles. The lowest BCUT2D eigenvalue weighted by Gasteiger charge is -2.33. The summed E-state index contributed by atoms with van der Waals surface area (Å²) in [6.45, 7) is 9.48. The van der Waals surface area contributed by atoms with Crippen molar-refractivity contribution in [3.05, 3.63) is 33.8 Å². The van der Waals surface area contributed by atoms with Crippen LogP contribution in [0.3, 0.4) is 0 Å². The van der Waals surface area contributed by atoms with Crippen molar-refractivity contribution in [2.45, 2.75) is 39.8 Å². The SMILES string of the molecule is CC(C)(C)C1CN(Cc2c(F)ccc(Br)c2F)CCCN1. The first-order chi connectivity index (χ1) is 9.79. The average Bonchev–Trinajstić information content (AvgIpc) is 2.64. The van der Waals surface area contributed by atoms with E-state index in [-0.39, 0.29) is 11.0 Å². The normalized spacial score (nSPS) is 21.3. The van der Waals surface area contributed by atoms with Gasteiger partial charge in [-0.1, -0.05) is 20.8 Å². The Morgan fingerprint density at radius 3 is 2.71 bits per heavy atom. The fourth-order valence-electron chi connectivity index (χ4n) is 2.65. The number of benzene rings is 1. The first-order valence-electron chi connectivity index (χ1n) is 7.37. The van der Waals surface area contributed by atoms with E-state index in [0.717, 1.165) is 26.1 Å². The van der Waals surface area contributed by atoms with Crippen molar-refractivity contribution >= 4 is 15.9 Å². The Kier molecular flexibility index (Phi) is 5.38. The molecular formula is C16H23BrF2N2. The van der Waals surface area contributed by atoms with E-state index in [2.05, 4.69) is 46.9 Å². The molecule has 1 aromatic carbocycles. The highest BCUT2D eigenvalue weighted by molar-refractivity contribution is 9.10. The monoisotopic (exact) mass is 360 g/mol. The highest BCUT2D eigenvalue weighted by atomic mass is 79.9. The molecule has 0 saturated carbocycles. The molecule has 2 rings (SSSR count). The number of nitrogens with zero attached hydrogens (tertiary/aromatic N) is 1. The molecule has 118 valence electrons. The zero-order valence-electron chi connectivity index (χ0n) is 12.8. The minimum Gasteiger partial charge on any atom is -0.312 e. The molecule has 0 radical (unpaired) electrons. The Hall–Kier alpha value is -0.520. The van der Waals surface area contributed by atoms with Crippen molar-refractivity contribution < 1.29 is 8.78 Å². The van der Waals surface area contributed by atoms with Crippen LogP contribution >= 0.6 is 15.9 Å². The maximum Gasteiger partial charge on any atom is 0.144 e. The third-order valence-corrected chi connectivity index (χ3v) is 4.66. The van der Waals surface area contributed by atoms with Gasteiger partial charge in [0.2, 0.25) is 0 Å². The molecule has 1 fully saturated rings. The quantitative estimate of drug-likeness (QED) is 0.803. The molecule has 2 nitrogen and oxygen atoms in total. The lowest BCUT2D eigenvalue weighted by atomic mass is 9.86. The Labute approximate surface area is 134 Å². The Bertz CT molecular complexity index is 500. The molecule has 1 aliphatic rings. The van der Waals surface area contributed by atoms with Crippen molar-refractivity contribution in [1.82, 2.24) is 10.2 Å². The zero-order chi connectivity index (χ0) is 15.6. The number of hydrogen-bond donors (Lipinski definition) is 1. The van der Waals surface area contributed by atoms with Crippen molar-refractivity contribution in [3.63, 3.8) is 0 Å². The van der Waals surface area contributed by atoms with Crippen molar-refractivity contribution in [2.75, 3.05) is 19.6 Å². The summed E-state index contributed by atoms with van der Waals surface area (Å²) in [6.07, 6.45) is 0.990. The van der Waals surface area contributed by atoms with Crippen LogP contribution < -0.4 is 5.32 Å². The highest BCUT2D eigenvalue weighted by Crippen LogP contribution is 2.25. The lowest BCUT2D eigenvalue weighted by Crippen LogP contribution is -2.46. The second kappa shape index (κ2) is 6.71. The number of halogens is 3. The summed E-state index contributed by atoms with van der Waals surface area (Å²) in [5.41, 5.74) is 0.274. The van der Waals surface area contributed by atoms with E-state index in [1.165, 1.54) is 12.1 Å². The molecule has 1 unspecified atom stereocenters. The predicted octanol–water partition coefficient (Wildman–Crippen LogP) is 3.94. The molecule has 0 amide bonds. The van der Waals surface area contributed by atoms with E-state index < -0.39 is 11.6 Å². The van der Waals surface area contributed by atoms with Gasteiger partial charge in [0.15, 0.2) is 0 Å². The first-order valence-corrected chi connectivity index (χ1v) is 8.16. The molecule has 1 atom stereocenters. The average molecular weight is 361 g/mol. The first kappa shape index (κ1) is 16.8. The van der Waals surface area contributed by atoms with Crippen LogP contribution in [-0.4, -0.2) is 30.6 Å². The maximum atomic E-state index is 14.1. The van der Waals surface area contributed by atoms with Crippen molar-refractivity contribution in [3.8, 4) is 0 Å². The smallest absolute Gasteiger partial charge is 0.144 e. The van der Waals surface area contributed by atoms with E-state index in [4.69, 9.17) is 0 Å². The van der Waals surface area contributed by atoms with Gasteiger partial charge in [-0.25, -0.2) is 8.78 Å². The van der Waals surface area contributed by atoms with Gasteiger partial charge in [-0.15, -0.1) is 0 Å². The van der Waals surface area contributed by atoms with Crippen LogP contribution in [0, 0.1) is 17.0 Å². The van der Waals surface area contributed by atoms with Gasteiger partial charge in [0, 0.05) is 24.7 Å². The van der Waals surface area contributed by atoms with Crippen LogP contribution in [0.4, 0.5) is 8.78 Å². The summed E-state index contributed by atoms with van der Waals surface area (Å²) >= 11 is 3.13. The largest absolute Gasteiger partial charge is 0.312 e. The van der Waals surface area contributed by atoms with Gasteiger partial charge in [-0.05, 0) is 53.0 Å². The summed E-state index contributed by atoms with van der Waals surface area (Å²) in [4.78, 5) is 2.14. The van der Waals surface area contributed by atoms with E-state index in [1.54, 1.807) is 0 Å². The lowest BCUT2D eigenvalue weighted by molar-refractivity contribution is 0.189. The van der Waals surface area contributed by atoms with E-state index in [1.807, 2.05) is 0 Å². The highest BCUT2D eigenvalue weighted by Gasteiger charge is 2.28. The molecule has 1 aliphatic heterocycles. The molecule has 0 aromatic heterocycles. The van der Waals surface area contributed by atoms with E-state index in [9.17, 15) is 8.78 Å². The van der Waals surface area contributed by atoms with Gasteiger partial charge >= 0.3 is 0 Å². The fourth-order valence-corrected chi connectivity index (χ4v) is 3.03.